The molecule has 0 radical (unpaired) electrons. The number of carbonyl (C=O) groups is 1. The third-order valence-electron chi connectivity index (χ3n) is 4.65. The van der Waals surface area contributed by atoms with E-state index in [-0.39, 0.29) is 5.91 Å². The van der Waals surface area contributed by atoms with Crippen molar-refractivity contribution in [1.82, 2.24) is 5.32 Å². The second-order valence-electron chi connectivity index (χ2n) is 6.50. The summed E-state index contributed by atoms with van der Waals surface area (Å²) in [5, 5.41) is 2.79. The molecule has 0 aliphatic rings. The minimum atomic E-state index is 0.00295. The first-order valence-corrected chi connectivity index (χ1v) is 9.08. The maximum atomic E-state index is 12.4. The van der Waals surface area contributed by atoms with Gasteiger partial charge in [0.05, 0.1) is 0 Å². The summed E-state index contributed by atoms with van der Waals surface area (Å²) in [6.07, 6.45) is 6.18. The molecule has 0 aliphatic heterocycles. The van der Waals surface area contributed by atoms with Gasteiger partial charge in [-0.1, -0.05) is 82.0 Å². The molecule has 1 N–H and O–H groups in total. The Kier molecular flexibility index (Phi) is 7.05. The molecule has 2 aromatic rings. The SMILES string of the molecule is CCCCCCC(C)c1ccc(-c2ccccc2)cc1C(=O)NC. The number of nitrogens with one attached hydrogen (secondary N) is 1. The fourth-order valence-electron chi connectivity index (χ4n) is 3.16. The monoisotopic (exact) mass is 323 g/mol. The fourth-order valence-corrected chi connectivity index (χ4v) is 3.16. The van der Waals surface area contributed by atoms with Gasteiger partial charge in [-0.25, -0.2) is 0 Å². The summed E-state index contributed by atoms with van der Waals surface area (Å²) in [5.41, 5.74) is 4.20. The molecule has 2 nitrogen and oxygen atoms in total. The van der Waals surface area contributed by atoms with Gasteiger partial charge in [0.25, 0.3) is 5.91 Å². The van der Waals surface area contributed by atoms with Crippen LogP contribution in [0.25, 0.3) is 11.1 Å². The van der Waals surface area contributed by atoms with Crippen LogP contribution in [-0.2, 0) is 0 Å². The van der Waals surface area contributed by atoms with Gasteiger partial charge in [0.2, 0.25) is 0 Å². The molecule has 128 valence electrons. The van der Waals surface area contributed by atoms with Gasteiger partial charge >= 0.3 is 0 Å². The highest BCUT2D eigenvalue weighted by Crippen LogP contribution is 2.29. The molecule has 1 amide bonds. The zero-order valence-corrected chi connectivity index (χ0v) is 15.1. The van der Waals surface area contributed by atoms with E-state index < -0.39 is 0 Å². The normalized spacial score (nSPS) is 12.0. The van der Waals surface area contributed by atoms with Crippen LogP contribution in [0.5, 0.6) is 0 Å². The summed E-state index contributed by atoms with van der Waals surface area (Å²) < 4.78 is 0. The molecule has 0 spiro atoms. The molecule has 2 heteroatoms. The molecular formula is C22H29NO. The molecule has 0 bridgehead atoms. The lowest BCUT2D eigenvalue weighted by Gasteiger charge is -2.17. The second kappa shape index (κ2) is 9.27. The molecule has 1 atom stereocenters. The molecule has 0 aliphatic carbocycles. The number of unbranched alkanes of at least 4 members (excludes halogenated alkanes) is 3. The van der Waals surface area contributed by atoms with Crippen molar-refractivity contribution in [1.29, 1.82) is 0 Å². The highest BCUT2D eigenvalue weighted by atomic mass is 16.1. The van der Waals surface area contributed by atoms with E-state index in [0.717, 1.165) is 28.7 Å². The van der Waals surface area contributed by atoms with Gasteiger partial charge < -0.3 is 5.32 Å². The Labute approximate surface area is 146 Å². The van der Waals surface area contributed by atoms with Crippen LogP contribution < -0.4 is 5.32 Å². The van der Waals surface area contributed by atoms with E-state index in [1.807, 2.05) is 24.3 Å². The smallest absolute Gasteiger partial charge is 0.251 e. The van der Waals surface area contributed by atoms with Gasteiger partial charge in [-0.05, 0) is 35.1 Å². The van der Waals surface area contributed by atoms with E-state index in [9.17, 15) is 4.79 Å². The van der Waals surface area contributed by atoms with Crippen molar-refractivity contribution in [3.05, 3.63) is 59.7 Å². The van der Waals surface area contributed by atoms with Crippen molar-refractivity contribution in [2.75, 3.05) is 7.05 Å². The van der Waals surface area contributed by atoms with Gasteiger partial charge in [0, 0.05) is 12.6 Å². The Bertz CT molecular complexity index is 648. The van der Waals surface area contributed by atoms with Crippen LogP contribution in [0.3, 0.4) is 0 Å². The zero-order valence-electron chi connectivity index (χ0n) is 15.1. The quantitative estimate of drug-likeness (QED) is 0.612. The summed E-state index contributed by atoms with van der Waals surface area (Å²) in [6.45, 7) is 4.46. The maximum absolute atomic E-state index is 12.4. The Morgan fingerprint density at radius 2 is 1.75 bits per heavy atom. The van der Waals surface area contributed by atoms with E-state index in [4.69, 9.17) is 0 Å². The third kappa shape index (κ3) is 4.70. The first kappa shape index (κ1) is 18.3. The first-order valence-electron chi connectivity index (χ1n) is 9.08. The van der Waals surface area contributed by atoms with Crippen LogP contribution in [0, 0.1) is 0 Å². The van der Waals surface area contributed by atoms with Crippen LogP contribution in [-0.4, -0.2) is 13.0 Å². The summed E-state index contributed by atoms with van der Waals surface area (Å²) >= 11 is 0. The number of hydrogen-bond acceptors (Lipinski definition) is 1. The lowest BCUT2D eigenvalue weighted by molar-refractivity contribution is 0.0961. The second-order valence-corrected chi connectivity index (χ2v) is 6.50. The van der Waals surface area contributed by atoms with E-state index in [1.165, 1.54) is 25.7 Å². The van der Waals surface area contributed by atoms with Crippen molar-refractivity contribution >= 4 is 5.91 Å². The van der Waals surface area contributed by atoms with E-state index in [1.54, 1.807) is 7.05 Å². The maximum Gasteiger partial charge on any atom is 0.251 e. The van der Waals surface area contributed by atoms with Crippen LogP contribution >= 0.6 is 0 Å². The molecule has 2 rings (SSSR count). The molecular weight excluding hydrogens is 294 g/mol. The summed E-state index contributed by atoms with van der Waals surface area (Å²) in [7, 11) is 1.70. The van der Waals surface area contributed by atoms with Crippen molar-refractivity contribution in [2.24, 2.45) is 0 Å². The van der Waals surface area contributed by atoms with Crippen LogP contribution in [0.1, 0.15) is 67.8 Å². The predicted octanol–water partition coefficient (Wildman–Crippen LogP) is 5.79. The lowest BCUT2D eigenvalue weighted by Crippen LogP contribution is -2.20. The van der Waals surface area contributed by atoms with Gasteiger partial charge in [0.1, 0.15) is 0 Å². The highest BCUT2D eigenvalue weighted by Gasteiger charge is 2.16. The van der Waals surface area contributed by atoms with Gasteiger partial charge in [0.15, 0.2) is 0 Å². The van der Waals surface area contributed by atoms with Crippen molar-refractivity contribution < 1.29 is 4.79 Å². The molecule has 0 aromatic heterocycles. The first-order chi connectivity index (χ1) is 11.7. The Balaban J connectivity index is 2.25. The van der Waals surface area contributed by atoms with Crippen LogP contribution in [0.15, 0.2) is 48.5 Å². The lowest BCUT2D eigenvalue weighted by atomic mass is 9.88. The van der Waals surface area contributed by atoms with E-state index in [2.05, 4.69) is 43.4 Å². The average Bonchev–Trinajstić information content (AvgIpc) is 2.64. The molecule has 2 aromatic carbocycles. The van der Waals surface area contributed by atoms with Gasteiger partial charge in [-0.3, -0.25) is 4.79 Å². The van der Waals surface area contributed by atoms with Crippen molar-refractivity contribution in [3.63, 3.8) is 0 Å². The largest absolute Gasteiger partial charge is 0.355 e. The fraction of sp³-hybridized carbons (Fsp3) is 0.409. The average molecular weight is 323 g/mol. The topological polar surface area (TPSA) is 29.1 Å². The summed E-state index contributed by atoms with van der Waals surface area (Å²) in [6, 6.07) is 16.5. The van der Waals surface area contributed by atoms with Crippen molar-refractivity contribution in [2.45, 2.75) is 51.9 Å². The number of amides is 1. The van der Waals surface area contributed by atoms with Gasteiger partial charge in [-0.15, -0.1) is 0 Å². The minimum absolute atomic E-state index is 0.00295. The Hall–Kier alpha value is -2.09. The number of benzene rings is 2. The zero-order chi connectivity index (χ0) is 17.4. The number of hydrogen-bond donors (Lipinski definition) is 1. The summed E-state index contributed by atoms with van der Waals surface area (Å²) in [4.78, 5) is 12.4. The van der Waals surface area contributed by atoms with Crippen LogP contribution in [0.2, 0.25) is 0 Å². The standard InChI is InChI=1S/C22H29NO/c1-4-5-6-8-11-17(2)20-15-14-19(16-21(20)22(24)23-3)18-12-9-7-10-13-18/h7,9-10,12-17H,4-6,8,11H2,1-3H3,(H,23,24). The van der Waals surface area contributed by atoms with Crippen molar-refractivity contribution in [3.8, 4) is 11.1 Å². The molecule has 0 saturated heterocycles. The van der Waals surface area contributed by atoms with E-state index >= 15 is 0 Å². The molecule has 0 fully saturated rings. The van der Waals surface area contributed by atoms with Gasteiger partial charge in [-0.2, -0.15) is 0 Å². The van der Waals surface area contributed by atoms with Crippen LogP contribution in [0.4, 0.5) is 0 Å². The van der Waals surface area contributed by atoms with E-state index in [0.29, 0.717) is 5.92 Å². The molecule has 0 heterocycles. The molecule has 1 unspecified atom stereocenters. The predicted molar refractivity (Wildman–Crippen MR) is 102 cm³/mol. The highest BCUT2D eigenvalue weighted by molar-refractivity contribution is 5.97. The summed E-state index contributed by atoms with van der Waals surface area (Å²) in [5.74, 6) is 0.405. The third-order valence-corrected chi connectivity index (χ3v) is 4.65. The molecule has 0 saturated carbocycles. The Morgan fingerprint density at radius 1 is 1.00 bits per heavy atom. The number of rotatable bonds is 8. The minimum Gasteiger partial charge on any atom is -0.355 e. The Morgan fingerprint density at radius 3 is 2.42 bits per heavy atom. The molecule has 24 heavy (non-hydrogen) atoms. The number of carbonyl (C=O) groups excluding carboxylic acids is 1.